The Morgan fingerprint density at radius 3 is 2.60 bits per heavy atom. The first-order valence-corrected chi connectivity index (χ1v) is 7.06. The van der Waals surface area contributed by atoms with Crippen LogP contribution in [0.15, 0.2) is 12.1 Å². The highest BCUT2D eigenvalue weighted by Crippen LogP contribution is 2.27. The molecule has 0 aromatic heterocycles. The second-order valence-corrected chi connectivity index (χ2v) is 5.46. The van der Waals surface area contributed by atoms with E-state index in [0.717, 1.165) is 37.8 Å². The van der Waals surface area contributed by atoms with E-state index in [1.165, 1.54) is 6.42 Å². The summed E-state index contributed by atoms with van der Waals surface area (Å²) in [5, 5.41) is 2.86. The smallest absolute Gasteiger partial charge is 0.251 e. The van der Waals surface area contributed by atoms with Crippen LogP contribution in [0, 0.1) is 17.6 Å². The molecule has 1 aromatic carbocycles. The molecule has 20 heavy (non-hydrogen) atoms. The summed E-state index contributed by atoms with van der Waals surface area (Å²) in [7, 11) is 0. The van der Waals surface area contributed by atoms with Gasteiger partial charge in [-0.1, -0.05) is 26.2 Å². The van der Waals surface area contributed by atoms with Crippen molar-refractivity contribution < 1.29 is 13.6 Å². The number of rotatable bonds is 3. The van der Waals surface area contributed by atoms with Crippen LogP contribution in [0.25, 0.3) is 0 Å². The maximum Gasteiger partial charge on any atom is 0.251 e. The summed E-state index contributed by atoms with van der Waals surface area (Å²) in [5.41, 5.74) is 4.62. The van der Waals surface area contributed by atoms with Gasteiger partial charge in [-0.25, -0.2) is 8.78 Å². The number of hydrogen-bond donors (Lipinski definition) is 2. The Labute approximate surface area is 117 Å². The standard InChI is InChI=1S/C15H20F2N2O/c1-2-9-4-3-5-11(6-9)19-15(20)10-7-12(16)14(18)13(17)8-10/h7-9,11H,2-6,18H2,1H3,(H,19,20). The molecule has 5 heteroatoms. The number of carbonyl (C=O) groups excluding carboxylic acids is 1. The lowest BCUT2D eigenvalue weighted by molar-refractivity contribution is 0.0918. The molecule has 3 N–H and O–H groups in total. The highest BCUT2D eigenvalue weighted by molar-refractivity contribution is 5.94. The zero-order valence-electron chi connectivity index (χ0n) is 11.6. The summed E-state index contributed by atoms with van der Waals surface area (Å²) in [5.74, 6) is -1.62. The molecule has 1 amide bonds. The third-order valence-corrected chi connectivity index (χ3v) is 4.04. The number of amides is 1. The molecule has 1 aliphatic carbocycles. The van der Waals surface area contributed by atoms with E-state index in [2.05, 4.69) is 12.2 Å². The fourth-order valence-corrected chi connectivity index (χ4v) is 2.78. The number of nitrogens with two attached hydrogens (primary N) is 1. The van der Waals surface area contributed by atoms with Crippen LogP contribution in [0.4, 0.5) is 14.5 Å². The predicted octanol–water partition coefficient (Wildman–Crippen LogP) is 3.25. The van der Waals surface area contributed by atoms with Crippen LogP contribution in [0.1, 0.15) is 49.4 Å². The van der Waals surface area contributed by atoms with Crippen LogP contribution in [0.5, 0.6) is 0 Å². The molecule has 0 saturated heterocycles. The van der Waals surface area contributed by atoms with Crippen molar-refractivity contribution in [1.82, 2.24) is 5.32 Å². The number of anilines is 1. The molecule has 1 saturated carbocycles. The average Bonchev–Trinajstić information content (AvgIpc) is 2.44. The Morgan fingerprint density at radius 1 is 1.35 bits per heavy atom. The Balaban J connectivity index is 2.05. The second-order valence-electron chi connectivity index (χ2n) is 5.46. The summed E-state index contributed by atoms with van der Waals surface area (Å²) >= 11 is 0. The fraction of sp³-hybridized carbons (Fsp3) is 0.533. The van der Waals surface area contributed by atoms with Gasteiger partial charge in [-0.15, -0.1) is 0 Å². The lowest BCUT2D eigenvalue weighted by Crippen LogP contribution is -2.38. The van der Waals surface area contributed by atoms with Gasteiger partial charge in [-0.3, -0.25) is 4.79 Å². The summed E-state index contributed by atoms with van der Waals surface area (Å²) in [4.78, 5) is 12.0. The number of nitrogen functional groups attached to an aromatic ring is 1. The van der Waals surface area contributed by atoms with Crippen molar-refractivity contribution in [2.24, 2.45) is 5.92 Å². The van der Waals surface area contributed by atoms with Crippen molar-refractivity contribution in [2.75, 3.05) is 5.73 Å². The molecule has 0 radical (unpaired) electrons. The lowest BCUT2D eigenvalue weighted by atomic mass is 9.84. The molecule has 1 aromatic rings. The van der Waals surface area contributed by atoms with Crippen molar-refractivity contribution in [2.45, 2.75) is 45.1 Å². The highest BCUT2D eigenvalue weighted by Gasteiger charge is 2.23. The summed E-state index contributed by atoms with van der Waals surface area (Å²) in [6.07, 6.45) is 5.21. The Bertz CT molecular complexity index is 482. The van der Waals surface area contributed by atoms with E-state index in [4.69, 9.17) is 5.73 Å². The van der Waals surface area contributed by atoms with Crippen LogP contribution in [0.2, 0.25) is 0 Å². The summed E-state index contributed by atoms with van der Waals surface area (Å²) in [6, 6.07) is 2.05. The van der Waals surface area contributed by atoms with Crippen molar-refractivity contribution in [3.05, 3.63) is 29.3 Å². The van der Waals surface area contributed by atoms with Gasteiger partial charge in [-0.05, 0) is 30.9 Å². The van der Waals surface area contributed by atoms with E-state index in [0.29, 0.717) is 5.92 Å². The van der Waals surface area contributed by atoms with Crippen LogP contribution in [-0.4, -0.2) is 11.9 Å². The van der Waals surface area contributed by atoms with E-state index in [1.54, 1.807) is 0 Å². The van der Waals surface area contributed by atoms with Gasteiger partial charge in [0.1, 0.15) is 17.3 Å². The largest absolute Gasteiger partial charge is 0.394 e. The van der Waals surface area contributed by atoms with Gasteiger partial charge in [0.25, 0.3) is 5.91 Å². The fourth-order valence-electron chi connectivity index (χ4n) is 2.78. The first-order valence-electron chi connectivity index (χ1n) is 7.06. The number of carbonyl (C=O) groups is 1. The van der Waals surface area contributed by atoms with Crippen LogP contribution in [0.3, 0.4) is 0 Å². The van der Waals surface area contributed by atoms with Crippen LogP contribution < -0.4 is 11.1 Å². The van der Waals surface area contributed by atoms with Crippen molar-refractivity contribution in [1.29, 1.82) is 0 Å². The van der Waals surface area contributed by atoms with Gasteiger partial charge in [0, 0.05) is 11.6 Å². The van der Waals surface area contributed by atoms with Crippen LogP contribution >= 0.6 is 0 Å². The van der Waals surface area contributed by atoms with E-state index in [1.807, 2.05) is 0 Å². The summed E-state index contributed by atoms with van der Waals surface area (Å²) < 4.78 is 26.7. The summed E-state index contributed by atoms with van der Waals surface area (Å²) in [6.45, 7) is 2.14. The van der Waals surface area contributed by atoms with Crippen molar-refractivity contribution in [3.63, 3.8) is 0 Å². The molecule has 0 bridgehead atoms. The minimum Gasteiger partial charge on any atom is -0.394 e. The number of nitrogens with one attached hydrogen (secondary N) is 1. The van der Waals surface area contributed by atoms with E-state index in [-0.39, 0.29) is 11.6 Å². The molecule has 0 aliphatic heterocycles. The molecule has 0 spiro atoms. The van der Waals surface area contributed by atoms with Gasteiger partial charge in [0.05, 0.1) is 0 Å². The van der Waals surface area contributed by atoms with Gasteiger partial charge in [-0.2, -0.15) is 0 Å². The van der Waals surface area contributed by atoms with E-state index >= 15 is 0 Å². The molecule has 2 unspecified atom stereocenters. The third kappa shape index (κ3) is 3.26. The molecule has 0 heterocycles. The Morgan fingerprint density at radius 2 is 2.00 bits per heavy atom. The third-order valence-electron chi connectivity index (χ3n) is 4.04. The molecule has 3 nitrogen and oxygen atoms in total. The predicted molar refractivity (Wildman–Crippen MR) is 74.3 cm³/mol. The molecule has 1 fully saturated rings. The quantitative estimate of drug-likeness (QED) is 0.836. The first kappa shape index (κ1) is 14.8. The highest BCUT2D eigenvalue weighted by atomic mass is 19.1. The zero-order chi connectivity index (χ0) is 14.7. The Kier molecular flexibility index (Phi) is 4.57. The second kappa shape index (κ2) is 6.20. The SMILES string of the molecule is CCC1CCCC(NC(=O)c2cc(F)c(N)c(F)c2)C1. The van der Waals surface area contributed by atoms with E-state index < -0.39 is 23.2 Å². The lowest BCUT2D eigenvalue weighted by Gasteiger charge is -2.29. The molecule has 2 rings (SSSR count). The molecule has 110 valence electrons. The molecule has 1 aliphatic rings. The van der Waals surface area contributed by atoms with Crippen molar-refractivity contribution in [3.8, 4) is 0 Å². The first-order chi connectivity index (χ1) is 9.51. The Hall–Kier alpha value is -1.65. The topological polar surface area (TPSA) is 55.1 Å². The van der Waals surface area contributed by atoms with Gasteiger partial charge in [0.2, 0.25) is 0 Å². The number of benzene rings is 1. The van der Waals surface area contributed by atoms with Crippen LogP contribution in [-0.2, 0) is 0 Å². The number of hydrogen-bond acceptors (Lipinski definition) is 2. The number of halogens is 2. The van der Waals surface area contributed by atoms with Gasteiger partial charge in [0.15, 0.2) is 0 Å². The van der Waals surface area contributed by atoms with Gasteiger partial charge < -0.3 is 11.1 Å². The monoisotopic (exact) mass is 282 g/mol. The average molecular weight is 282 g/mol. The molecule has 2 atom stereocenters. The minimum absolute atomic E-state index is 0.0205. The minimum atomic E-state index is -0.898. The van der Waals surface area contributed by atoms with E-state index in [9.17, 15) is 13.6 Å². The molecular weight excluding hydrogens is 262 g/mol. The zero-order valence-corrected chi connectivity index (χ0v) is 11.6. The van der Waals surface area contributed by atoms with Gasteiger partial charge >= 0.3 is 0 Å². The normalized spacial score (nSPS) is 22.6. The molecular formula is C15H20F2N2O. The van der Waals surface area contributed by atoms with Crippen molar-refractivity contribution >= 4 is 11.6 Å². The maximum atomic E-state index is 13.4. The maximum absolute atomic E-state index is 13.4.